The van der Waals surface area contributed by atoms with Crippen LogP contribution in [0.5, 0.6) is 0 Å². The van der Waals surface area contributed by atoms with Gasteiger partial charge in [0.05, 0.1) is 6.54 Å². The highest BCUT2D eigenvalue weighted by molar-refractivity contribution is 7.71. The second kappa shape index (κ2) is 5.21. The first kappa shape index (κ1) is 13.1. The van der Waals surface area contributed by atoms with Crippen LogP contribution in [0.1, 0.15) is 31.2 Å². The van der Waals surface area contributed by atoms with Crippen LogP contribution in [0, 0.1) is 4.77 Å². The van der Waals surface area contributed by atoms with Gasteiger partial charge < -0.3 is 0 Å². The number of H-pyrrole nitrogens is 1. The molecule has 2 aromatic carbocycles. The number of hydrogen-bond acceptors (Lipinski definition) is 2. The summed E-state index contributed by atoms with van der Waals surface area (Å²) < 4.78 is 2.77. The Labute approximate surface area is 123 Å². The molecule has 20 heavy (non-hydrogen) atoms. The lowest BCUT2D eigenvalue weighted by molar-refractivity contribution is 0.666. The number of rotatable bonds is 3. The molecule has 0 unspecified atom stereocenters. The predicted molar refractivity (Wildman–Crippen MR) is 84.6 cm³/mol. The van der Waals surface area contributed by atoms with E-state index in [1.807, 2.05) is 0 Å². The van der Waals surface area contributed by atoms with Gasteiger partial charge in [0.25, 0.3) is 0 Å². The molecular weight excluding hydrogens is 266 g/mol. The molecule has 0 aliphatic rings. The molecule has 0 aliphatic carbocycles. The van der Waals surface area contributed by atoms with Crippen LogP contribution in [0.3, 0.4) is 0 Å². The van der Waals surface area contributed by atoms with E-state index in [0.717, 1.165) is 12.4 Å². The molecule has 102 valence electrons. The smallest absolute Gasteiger partial charge is 0.195 e. The molecule has 0 saturated heterocycles. The number of nitrogens with one attached hydrogen (secondary N) is 1. The summed E-state index contributed by atoms with van der Waals surface area (Å²) in [6, 6.07) is 14.8. The van der Waals surface area contributed by atoms with Crippen molar-refractivity contribution in [3.63, 3.8) is 0 Å². The fourth-order valence-electron chi connectivity index (χ4n) is 2.52. The van der Waals surface area contributed by atoms with E-state index in [-0.39, 0.29) is 0 Å². The number of fused-ring (bicyclic) bond motifs is 1. The summed E-state index contributed by atoms with van der Waals surface area (Å²) >= 11 is 5.36. The fourth-order valence-corrected chi connectivity index (χ4v) is 2.73. The third-order valence-corrected chi connectivity index (χ3v) is 3.82. The summed E-state index contributed by atoms with van der Waals surface area (Å²) in [6.45, 7) is 5.01. The van der Waals surface area contributed by atoms with Crippen LogP contribution in [0.15, 0.2) is 42.5 Å². The lowest BCUT2D eigenvalue weighted by Gasteiger charge is -2.11. The second-order valence-electron chi connectivity index (χ2n) is 5.27. The molecule has 0 bridgehead atoms. The highest BCUT2D eigenvalue weighted by Gasteiger charge is 2.11. The van der Waals surface area contributed by atoms with Crippen molar-refractivity contribution in [1.29, 1.82) is 0 Å². The van der Waals surface area contributed by atoms with Crippen molar-refractivity contribution in [3.05, 3.63) is 58.6 Å². The molecule has 4 heteroatoms. The van der Waals surface area contributed by atoms with Gasteiger partial charge in [0.1, 0.15) is 5.82 Å². The molecule has 0 atom stereocenters. The first-order valence-corrected chi connectivity index (χ1v) is 7.19. The fraction of sp³-hybridized carbons (Fsp3) is 0.250. The summed E-state index contributed by atoms with van der Waals surface area (Å²) in [5.41, 5.74) is 1.27. The standard InChI is InChI=1S/C16H17N3S/c1-11(2)15-17-18-16(20)19(15)10-13-8-5-7-12-6-3-4-9-14(12)13/h3-9,11H,10H2,1-2H3,(H,18,20). The first-order chi connectivity index (χ1) is 9.66. The Morgan fingerprint density at radius 3 is 2.70 bits per heavy atom. The highest BCUT2D eigenvalue weighted by atomic mass is 32.1. The molecular formula is C16H17N3S. The Kier molecular flexibility index (Phi) is 3.40. The maximum atomic E-state index is 5.36. The molecule has 0 fully saturated rings. The van der Waals surface area contributed by atoms with E-state index in [1.54, 1.807) is 0 Å². The second-order valence-corrected chi connectivity index (χ2v) is 5.65. The van der Waals surface area contributed by atoms with Gasteiger partial charge in [0, 0.05) is 5.92 Å². The molecule has 0 saturated carbocycles. The Balaban J connectivity index is 2.10. The number of nitrogens with zero attached hydrogens (tertiary/aromatic N) is 2. The normalized spacial score (nSPS) is 11.3. The van der Waals surface area contributed by atoms with Crippen LogP contribution in [-0.2, 0) is 6.54 Å². The monoisotopic (exact) mass is 283 g/mol. The molecule has 0 amide bonds. The highest BCUT2D eigenvalue weighted by Crippen LogP contribution is 2.21. The zero-order valence-electron chi connectivity index (χ0n) is 11.6. The van der Waals surface area contributed by atoms with E-state index in [2.05, 4.69) is 71.1 Å². The van der Waals surface area contributed by atoms with Crippen molar-refractivity contribution in [3.8, 4) is 0 Å². The van der Waals surface area contributed by atoms with Crippen molar-refractivity contribution < 1.29 is 0 Å². The number of aromatic amines is 1. The molecule has 0 spiro atoms. The quantitative estimate of drug-likeness (QED) is 0.728. The number of aromatic nitrogens is 3. The van der Waals surface area contributed by atoms with Crippen molar-refractivity contribution in [1.82, 2.24) is 14.8 Å². The summed E-state index contributed by atoms with van der Waals surface area (Å²) in [6.07, 6.45) is 0. The van der Waals surface area contributed by atoms with Gasteiger partial charge in [-0.15, -0.1) is 0 Å². The van der Waals surface area contributed by atoms with Crippen LogP contribution in [0.25, 0.3) is 10.8 Å². The number of benzene rings is 2. The van der Waals surface area contributed by atoms with Crippen LogP contribution in [0.4, 0.5) is 0 Å². The Bertz CT molecular complexity index is 793. The maximum absolute atomic E-state index is 5.36. The zero-order chi connectivity index (χ0) is 14.1. The molecule has 1 heterocycles. The molecule has 0 aliphatic heterocycles. The van der Waals surface area contributed by atoms with Gasteiger partial charge in [-0.05, 0) is 28.6 Å². The van der Waals surface area contributed by atoms with E-state index in [4.69, 9.17) is 12.2 Å². The van der Waals surface area contributed by atoms with E-state index in [9.17, 15) is 0 Å². The van der Waals surface area contributed by atoms with Gasteiger partial charge in [-0.2, -0.15) is 5.10 Å². The third kappa shape index (κ3) is 2.27. The van der Waals surface area contributed by atoms with Gasteiger partial charge in [-0.3, -0.25) is 9.67 Å². The molecule has 3 nitrogen and oxygen atoms in total. The summed E-state index contributed by atoms with van der Waals surface area (Å²) in [5, 5.41) is 9.77. The number of hydrogen-bond donors (Lipinski definition) is 1. The first-order valence-electron chi connectivity index (χ1n) is 6.78. The van der Waals surface area contributed by atoms with Crippen molar-refractivity contribution in [2.75, 3.05) is 0 Å². The Hall–Kier alpha value is -1.94. The predicted octanol–water partition coefficient (Wildman–Crippen LogP) is 4.27. The minimum Gasteiger partial charge on any atom is -0.299 e. The van der Waals surface area contributed by atoms with Crippen LogP contribution >= 0.6 is 12.2 Å². The topological polar surface area (TPSA) is 33.6 Å². The minimum atomic E-state index is 0.345. The van der Waals surface area contributed by atoms with Crippen molar-refractivity contribution in [2.45, 2.75) is 26.3 Å². The molecule has 1 N–H and O–H groups in total. The van der Waals surface area contributed by atoms with Crippen molar-refractivity contribution in [2.24, 2.45) is 0 Å². The molecule has 0 radical (unpaired) electrons. The van der Waals surface area contributed by atoms with Gasteiger partial charge in [-0.1, -0.05) is 56.3 Å². The third-order valence-electron chi connectivity index (χ3n) is 3.51. The average molecular weight is 283 g/mol. The largest absolute Gasteiger partial charge is 0.299 e. The van der Waals surface area contributed by atoms with Crippen LogP contribution < -0.4 is 0 Å². The van der Waals surface area contributed by atoms with Gasteiger partial charge in [0.2, 0.25) is 0 Å². The van der Waals surface area contributed by atoms with E-state index in [1.165, 1.54) is 16.3 Å². The minimum absolute atomic E-state index is 0.345. The van der Waals surface area contributed by atoms with E-state index < -0.39 is 0 Å². The van der Waals surface area contributed by atoms with Crippen LogP contribution in [0.2, 0.25) is 0 Å². The SMILES string of the molecule is CC(C)c1n[nH]c(=S)n1Cc1cccc2ccccc12. The Morgan fingerprint density at radius 2 is 1.90 bits per heavy atom. The summed E-state index contributed by atoms with van der Waals surface area (Å²) in [5.74, 6) is 1.35. The zero-order valence-corrected chi connectivity index (χ0v) is 12.4. The molecule has 3 aromatic rings. The average Bonchev–Trinajstić information content (AvgIpc) is 2.81. The van der Waals surface area contributed by atoms with Gasteiger partial charge in [0.15, 0.2) is 4.77 Å². The van der Waals surface area contributed by atoms with E-state index >= 15 is 0 Å². The van der Waals surface area contributed by atoms with Crippen LogP contribution in [-0.4, -0.2) is 14.8 Å². The molecule has 3 rings (SSSR count). The lowest BCUT2D eigenvalue weighted by atomic mass is 10.0. The molecule has 1 aromatic heterocycles. The summed E-state index contributed by atoms with van der Waals surface area (Å²) in [4.78, 5) is 0. The van der Waals surface area contributed by atoms with Crippen molar-refractivity contribution >= 4 is 23.0 Å². The lowest BCUT2D eigenvalue weighted by Crippen LogP contribution is -2.07. The Morgan fingerprint density at radius 1 is 1.15 bits per heavy atom. The summed E-state index contributed by atoms with van der Waals surface area (Å²) in [7, 11) is 0. The van der Waals surface area contributed by atoms with Gasteiger partial charge >= 0.3 is 0 Å². The van der Waals surface area contributed by atoms with Gasteiger partial charge in [-0.25, -0.2) is 0 Å². The maximum Gasteiger partial charge on any atom is 0.195 e. The van der Waals surface area contributed by atoms with E-state index in [0.29, 0.717) is 10.7 Å².